The van der Waals surface area contributed by atoms with E-state index < -0.39 is 0 Å². The summed E-state index contributed by atoms with van der Waals surface area (Å²) >= 11 is 0. The van der Waals surface area contributed by atoms with Gasteiger partial charge in [0, 0.05) is 12.1 Å². The van der Waals surface area contributed by atoms with Crippen molar-refractivity contribution >= 4 is 12.1 Å². The van der Waals surface area contributed by atoms with Crippen LogP contribution >= 0.6 is 0 Å². The number of amides is 1. The number of nitrogens with zero attached hydrogens (tertiary/aromatic N) is 2. The number of nitrogens with one attached hydrogen (secondary N) is 2. The number of fused-ring (bicyclic) bond motifs is 2. The average Bonchev–Trinajstić information content (AvgIpc) is 2.50. The van der Waals surface area contributed by atoms with E-state index in [0.717, 1.165) is 23.2 Å². The van der Waals surface area contributed by atoms with Gasteiger partial charge < -0.3 is 10.6 Å². The molecular weight excluding hydrogens is 312 g/mol. The lowest BCUT2D eigenvalue weighted by atomic mass is 9.45. The quantitative estimate of drug-likeness (QED) is 0.806. The number of hydrogen-bond donors (Lipinski definition) is 2. The van der Waals surface area contributed by atoms with Crippen molar-refractivity contribution < 1.29 is 4.79 Å². The Balaban J connectivity index is 1.56. The van der Waals surface area contributed by atoms with Gasteiger partial charge in [-0.2, -0.15) is 5.10 Å². The van der Waals surface area contributed by atoms with Gasteiger partial charge >= 0.3 is 0 Å². The number of hydrogen-bond acceptors (Lipinski definition) is 4. The van der Waals surface area contributed by atoms with Crippen LogP contribution in [0.25, 0.3) is 0 Å². The first-order chi connectivity index (χ1) is 11.7. The number of hydrazone groups is 1. The Hall–Kier alpha value is -1.78. The third-order valence-corrected chi connectivity index (χ3v) is 6.44. The maximum atomic E-state index is 11.9. The van der Waals surface area contributed by atoms with Gasteiger partial charge in [-0.1, -0.05) is 27.4 Å². The predicted octanol–water partition coefficient (Wildman–Crippen LogP) is 2.87. The van der Waals surface area contributed by atoms with Crippen LogP contribution in [0, 0.1) is 23.2 Å². The highest BCUT2D eigenvalue weighted by Gasteiger charge is 2.56. The van der Waals surface area contributed by atoms with Crippen LogP contribution in [0.1, 0.15) is 47.5 Å². The molecule has 138 valence electrons. The van der Waals surface area contributed by atoms with Crippen molar-refractivity contribution in [3.63, 3.8) is 0 Å². The van der Waals surface area contributed by atoms with Crippen LogP contribution in [-0.2, 0) is 4.79 Å². The fraction of sp³-hybridized carbons (Fsp3) is 0.700. The molecule has 3 saturated carbocycles. The lowest BCUT2D eigenvalue weighted by molar-refractivity contribution is -0.122. The Kier molecular flexibility index (Phi) is 4.69. The normalized spacial score (nSPS) is 33.0. The summed E-state index contributed by atoms with van der Waals surface area (Å²) in [5, 5.41) is 12.6. The summed E-state index contributed by atoms with van der Waals surface area (Å²) < 4.78 is 0. The minimum Gasteiger partial charge on any atom is -0.381 e. The molecule has 5 heteroatoms. The minimum atomic E-state index is -0.0404. The van der Waals surface area contributed by atoms with Gasteiger partial charge in [-0.3, -0.25) is 9.80 Å². The smallest absolute Gasteiger partial charge is 0.241 e. The van der Waals surface area contributed by atoms with E-state index in [9.17, 15) is 4.79 Å². The zero-order valence-corrected chi connectivity index (χ0v) is 16.2. The van der Waals surface area contributed by atoms with Crippen molar-refractivity contribution in [1.82, 2.24) is 15.6 Å². The van der Waals surface area contributed by atoms with Crippen molar-refractivity contribution in [2.24, 2.45) is 28.3 Å². The van der Waals surface area contributed by atoms with Crippen LogP contribution in [0.5, 0.6) is 0 Å². The van der Waals surface area contributed by atoms with Crippen LogP contribution in [0.3, 0.4) is 0 Å². The number of allylic oxidation sites excluding steroid dienone is 2. The maximum Gasteiger partial charge on any atom is 0.241 e. The Morgan fingerprint density at radius 2 is 2.16 bits per heavy atom. The van der Waals surface area contributed by atoms with Gasteiger partial charge in [0.05, 0.1) is 17.6 Å². The molecule has 4 aliphatic rings. The molecule has 1 unspecified atom stereocenters. The Morgan fingerprint density at radius 3 is 2.72 bits per heavy atom. The van der Waals surface area contributed by atoms with Crippen molar-refractivity contribution in [2.75, 3.05) is 6.54 Å². The van der Waals surface area contributed by atoms with Gasteiger partial charge in [-0.05, 0) is 55.9 Å². The van der Waals surface area contributed by atoms with Crippen molar-refractivity contribution in [3.05, 3.63) is 24.0 Å². The van der Waals surface area contributed by atoms with Gasteiger partial charge in [0.2, 0.25) is 5.91 Å². The summed E-state index contributed by atoms with van der Waals surface area (Å²) in [4.78, 5) is 11.9. The Labute approximate surface area is 151 Å². The number of carbonyl (C=O) groups excluding carboxylic acids is 1. The van der Waals surface area contributed by atoms with Crippen LogP contribution in [0.2, 0.25) is 0 Å². The molecule has 2 bridgehead atoms. The van der Waals surface area contributed by atoms with Crippen LogP contribution in [-0.4, -0.2) is 35.8 Å². The van der Waals surface area contributed by atoms with E-state index in [1.807, 2.05) is 26.1 Å². The molecule has 1 heterocycles. The fourth-order valence-electron chi connectivity index (χ4n) is 4.78. The molecule has 3 aliphatic carbocycles. The van der Waals surface area contributed by atoms with E-state index in [-0.39, 0.29) is 18.5 Å². The highest BCUT2D eigenvalue weighted by Crippen LogP contribution is 2.61. The summed E-state index contributed by atoms with van der Waals surface area (Å²) in [6.45, 7) is 15.4. The zero-order valence-electron chi connectivity index (χ0n) is 16.2. The molecular formula is C20H32N4O. The molecule has 0 saturated heterocycles. The summed E-state index contributed by atoms with van der Waals surface area (Å²) in [6.07, 6.45) is 6.41. The predicted molar refractivity (Wildman–Crippen MR) is 102 cm³/mol. The molecule has 1 aliphatic heterocycles. The SMILES string of the molecule is C=C1C=C(N[C@@H]2C[C@@H]3C[C@H](C2C)C3(C)C)C=NN1CC(=O)NC(C)C. The lowest BCUT2D eigenvalue weighted by Gasteiger charge is -2.62. The summed E-state index contributed by atoms with van der Waals surface area (Å²) in [6, 6.07) is 0.629. The molecule has 2 N–H and O–H groups in total. The first kappa shape index (κ1) is 18.0. The second-order valence-electron chi connectivity index (χ2n) is 8.82. The van der Waals surface area contributed by atoms with Crippen LogP contribution in [0.4, 0.5) is 0 Å². The zero-order chi connectivity index (χ0) is 18.4. The molecule has 0 spiro atoms. The van der Waals surface area contributed by atoms with Gasteiger partial charge in [-0.15, -0.1) is 0 Å². The Morgan fingerprint density at radius 1 is 1.44 bits per heavy atom. The summed E-state index contributed by atoms with van der Waals surface area (Å²) in [5.74, 6) is 2.26. The molecule has 4 rings (SSSR count). The van der Waals surface area contributed by atoms with Gasteiger partial charge in [0.25, 0.3) is 0 Å². The van der Waals surface area contributed by atoms with E-state index in [4.69, 9.17) is 0 Å². The van der Waals surface area contributed by atoms with Gasteiger partial charge in [-0.25, -0.2) is 0 Å². The molecule has 25 heavy (non-hydrogen) atoms. The molecule has 0 aromatic rings. The van der Waals surface area contributed by atoms with Gasteiger partial charge in [0.1, 0.15) is 6.54 Å². The lowest BCUT2D eigenvalue weighted by Crippen LogP contribution is -2.59. The topological polar surface area (TPSA) is 56.7 Å². The third kappa shape index (κ3) is 3.46. The van der Waals surface area contributed by atoms with E-state index in [2.05, 4.69) is 43.1 Å². The highest BCUT2D eigenvalue weighted by molar-refractivity contribution is 5.82. The summed E-state index contributed by atoms with van der Waals surface area (Å²) in [7, 11) is 0. The van der Waals surface area contributed by atoms with E-state index in [1.165, 1.54) is 12.8 Å². The first-order valence-electron chi connectivity index (χ1n) is 9.46. The van der Waals surface area contributed by atoms with Crippen molar-refractivity contribution in [2.45, 2.75) is 59.5 Å². The maximum absolute atomic E-state index is 11.9. The van der Waals surface area contributed by atoms with Crippen LogP contribution < -0.4 is 10.6 Å². The molecule has 0 aromatic heterocycles. The minimum absolute atomic E-state index is 0.0404. The average molecular weight is 345 g/mol. The standard InChI is InChI=1S/C20H32N4O/c1-12(2)22-19(25)11-24-13(3)7-16(10-21-24)23-18-9-15-8-17(14(18)4)20(15,5)6/h7,10,12,14-15,17-18,23H,3,8-9,11H2,1-2,4-6H3,(H,22,25)/t14?,15-,17+,18+/m0/s1. The second kappa shape index (κ2) is 6.50. The molecule has 5 nitrogen and oxygen atoms in total. The second-order valence-corrected chi connectivity index (χ2v) is 8.82. The first-order valence-corrected chi connectivity index (χ1v) is 9.46. The van der Waals surface area contributed by atoms with Gasteiger partial charge in [0.15, 0.2) is 0 Å². The number of rotatable bonds is 5. The highest BCUT2D eigenvalue weighted by atomic mass is 16.2. The molecule has 0 aromatic carbocycles. The monoisotopic (exact) mass is 344 g/mol. The Bertz CT molecular complexity index is 619. The third-order valence-electron chi connectivity index (χ3n) is 6.44. The van der Waals surface area contributed by atoms with E-state index in [0.29, 0.717) is 17.4 Å². The largest absolute Gasteiger partial charge is 0.381 e. The summed E-state index contributed by atoms with van der Waals surface area (Å²) in [5.41, 5.74) is 2.25. The van der Waals surface area contributed by atoms with Crippen molar-refractivity contribution in [3.8, 4) is 0 Å². The fourth-order valence-corrected chi connectivity index (χ4v) is 4.78. The molecule has 1 amide bonds. The van der Waals surface area contributed by atoms with E-state index in [1.54, 1.807) is 5.01 Å². The van der Waals surface area contributed by atoms with Crippen molar-refractivity contribution in [1.29, 1.82) is 0 Å². The molecule has 3 fully saturated rings. The van der Waals surface area contributed by atoms with Crippen LogP contribution in [0.15, 0.2) is 29.2 Å². The number of carbonyl (C=O) groups is 1. The molecule has 0 radical (unpaired) electrons. The van der Waals surface area contributed by atoms with E-state index >= 15 is 0 Å². The molecule has 4 atom stereocenters.